The molecule has 0 aromatic carbocycles. The molecule has 0 spiro atoms. The van der Waals surface area contributed by atoms with Crippen LogP contribution in [0.1, 0.15) is 23.2 Å². The van der Waals surface area contributed by atoms with E-state index >= 15 is 0 Å². The summed E-state index contributed by atoms with van der Waals surface area (Å²) >= 11 is 1.34. The topological polar surface area (TPSA) is 102 Å². The van der Waals surface area contributed by atoms with Gasteiger partial charge in [-0.15, -0.1) is 0 Å². The van der Waals surface area contributed by atoms with E-state index in [0.717, 1.165) is 10.6 Å². The fraction of sp³-hybridized carbons (Fsp3) is 0.273. The van der Waals surface area contributed by atoms with Crippen LogP contribution >= 0.6 is 11.3 Å². The maximum absolute atomic E-state index is 11.9. The van der Waals surface area contributed by atoms with Crippen LogP contribution in [0.4, 0.5) is 4.79 Å². The van der Waals surface area contributed by atoms with Gasteiger partial charge in [-0.2, -0.15) is 5.10 Å². The maximum Gasteiger partial charge on any atom is 0.332 e. The predicted molar refractivity (Wildman–Crippen MR) is 73.7 cm³/mol. The molecular weight excluding hydrogens is 266 g/mol. The fourth-order valence-electron chi connectivity index (χ4n) is 1.74. The van der Waals surface area contributed by atoms with E-state index in [1.807, 2.05) is 0 Å². The lowest BCUT2D eigenvalue weighted by Crippen LogP contribution is -2.25. The van der Waals surface area contributed by atoms with Gasteiger partial charge >= 0.3 is 6.03 Å². The molecule has 0 atom stereocenters. The van der Waals surface area contributed by atoms with Crippen molar-refractivity contribution < 1.29 is 4.79 Å². The summed E-state index contributed by atoms with van der Waals surface area (Å²) < 4.78 is 1.52. The van der Waals surface area contributed by atoms with Gasteiger partial charge in [0.2, 0.25) is 0 Å². The lowest BCUT2D eigenvalue weighted by molar-refractivity contribution is 0.249. The smallest absolute Gasteiger partial charge is 0.332 e. The summed E-state index contributed by atoms with van der Waals surface area (Å²) in [7, 11) is 0. The van der Waals surface area contributed by atoms with E-state index in [1.165, 1.54) is 21.8 Å². The largest absolute Gasteiger partial charge is 0.350 e. The van der Waals surface area contributed by atoms with E-state index in [9.17, 15) is 9.59 Å². The summed E-state index contributed by atoms with van der Waals surface area (Å²) in [4.78, 5) is 28.2. The van der Waals surface area contributed by atoms with Crippen LogP contribution in [0.2, 0.25) is 0 Å². The molecule has 7 nitrogen and oxygen atoms in total. The van der Waals surface area contributed by atoms with Gasteiger partial charge in [-0.3, -0.25) is 9.20 Å². The van der Waals surface area contributed by atoms with Gasteiger partial charge in [-0.25, -0.2) is 15.2 Å². The lowest BCUT2D eigenvalue weighted by Gasteiger charge is -1.99. The molecule has 0 radical (unpaired) electrons. The Bertz CT molecular complexity index is 743. The van der Waals surface area contributed by atoms with E-state index in [4.69, 9.17) is 5.73 Å². The number of hydrogen-bond donors (Lipinski definition) is 2. The first-order valence-electron chi connectivity index (χ1n) is 5.50. The average Bonchev–Trinajstić information content (AvgIpc) is 2.63. The summed E-state index contributed by atoms with van der Waals surface area (Å²) in [6.45, 7) is 5.30. The standard InChI is InChI=1S/C11H13N5O2S/c1-5-4-8(17)16-7(3)9(19-11(16)13-5)6(2)14-15-10(12)18/h4H,1-3H3,(H3,12,15,18)/b14-6+. The van der Waals surface area contributed by atoms with Crippen molar-refractivity contribution in [1.29, 1.82) is 0 Å². The second-order valence-corrected chi connectivity index (χ2v) is 5.02. The molecule has 2 heterocycles. The Kier molecular flexibility index (Phi) is 3.34. The molecule has 100 valence electrons. The highest BCUT2D eigenvalue weighted by Crippen LogP contribution is 2.20. The van der Waals surface area contributed by atoms with Crippen LogP contribution in [0.3, 0.4) is 0 Å². The Labute approximate surface area is 112 Å². The Morgan fingerprint density at radius 1 is 1.53 bits per heavy atom. The molecule has 2 aromatic heterocycles. The lowest BCUT2D eigenvalue weighted by atomic mass is 10.3. The normalized spacial score (nSPS) is 11.8. The van der Waals surface area contributed by atoms with E-state index in [-0.39, 0.29) is 5.56 Å². The van der Waals surface area contributed by atoms with Crippen molar-refractivity contribution in [3.8, 4) is 0 Å². The number of hydrazone groups is 1. The van der Waals surface area contributed by atoms with Gasteiger partial charge in [0, 0.05) is 17.5 Å². The zero-order valence-corrected chi connectivity index (χ0v) is 11.5. The van der Waals surface area contributed by atoms with Crippen molar-refractivity contribution >= 4 is 28.0 Å². The van der Waals surface area contributed by atoms with Gasteiger partial charge < -0.3 is 5.73 Å². The van der Waals surface area contributed by atoms with Gasteiger partial charge in [0.25, 0.3) is 5.56 Å². The number of hydrogen-bond acceptors (Lipinski definition) is 5. The van der Waals surface area contributed by atoms with Crippen LogP contribution in [-0.2, 0) is 0 Å². The number of nitrogens with two attached hydrogens (primary N) is 1. The van der Waals surface area contributed by atoms with Crippen LogP contribution in [0.15, 0.2) is 16.0 Å². The molecule has 0 aliphatic rings. The van der Waals surface area contributed by atoms with Crippen LogP contribution in [0.25, 0.3) is 4.96 Å². The number of amides is 2. The number of thiazole rings is 1. The molecule has 0 saturated heterocycles. The third-order valence-electron chi connectivity index (χ3n) is 2.54. The molecule has 2 rings (SSSR count). The molecule has 2 amide bonds. The molecular formula is C11H13N5O2S. The first-order valence-corrected chi connectivity index (χ1v) is 6.31. The first kappa shape index (κ1) is 13.2. The second-order valence-electron chi connectivity index (χ2n) is 4.04. The van der Waals surface area contributed by atoms with E-state index < -0.39 is 6.03 Å². The van der Waals surface area contributed by atoms with Crippen molar-refractivity contribution in [2.24, 2.45) is 10.8 Å². The summed E-state index contributed by atoms with van der Waals surface area (Å²) in [5.74, 6) is 0. The number of rotatable bonds is 2. The van der Waals surface area contributed by atoms with Crippen molar-refractivity contribution in [2.75, 3.05) is 0 Å². The number of primary amides is 1. The number of carbonyl (C=O) groups is 1. The minimum Gasteiger partial charge on any atom is -0.350 e. The van der Waals surface area contributed by atoms with Crippen molar-refractivity contribution in [3.05, 3.63) is 32.7 Å². The summed E-state index contributed by atoms with van der Waals surface area (Å²) in [5, 5.41) is 3.86. The van der Waals surface area contributed by atoms with E-state index in [0.29, 0.717) is 16.4 Å². The number of nitrogens with one attached hydrogen (secondary N) is 1. The molecule has 0 unspecified atom stereocenters. The fourth-order valence-corrected chi connectivity index (χ4v) is 2.86. The van der Waals surface area contributed by atoms with Crippen LogP contribution in [0.5, 0.6) is 0 Å². The zero-order chi connectivity index (χ0) is 14.2. The van der Waals surface area contributed by atoms with Gasteiger partial charge in [0.05, 0.1) is 10.6 Å². The molecule has 0 fully saturated rings. The monoisotopic (exact) mass is 279 g/mol. The Morgan fingerprint density at radius 2 is 2.21 bits per heavy atom. The highest BCUT2D eigenvalue weighted by atomic mass is 32.1. The number of fused-ring (bicyclic) bond motifs is 1. The third-order valence-corrected chi connectivity index (χ3v) is 3.79. The Balaban J connectivity index is 2.60. The number of urea groups is 1. The van der Waals surface area contributed by atoms with Gasteiger partial charge in [-0.1, -0.05) is 11.3 Å². The molecule has 2 aromatic rings. The SMILES string of the molecule is C/C(=N\NC(N)=O)c1sc2nc(C)cc(=O)n2c1C. The highest BCUT2D eigenvalue weighted by Gasteiger charge is 2.13. The molecule has 0 aliphatic heterocycles. The maximum atomic E-state index is 11.9. The van der Waals surface area contributed by atoms with Crippen molar-refractivity contribution in [3.63, 3.8) is 0 Å². The molecule has 19 heavy (non-hydrogen) atoms. The Hall–Kier alpha value is -2.22. The van der Waals surface area contributed by atoms with Crippen LogP contribution in [0, 0.1) is 13.8 Å². The number of carbonyl (C=O) groups excluding carboxylic acids is 1. The summed E-state index contributed by atoms with van der Waals surface area (Å²) in [6.07, 6.45) is 0. The number of aryl methyl sites for hydroxylation is 2. The molecule has 0 aliphatic carbocycles. The van der Waals surface area contributed by atoms with Gasteiger partial charge in [0.15, 0.2) is 4.96 Å². The molecule has 8 heteroatoms. The number of nitrogens with zero attached hydrogens (tertiary/aromatic N) is 3. The molecule has 3 N–H and O–H groups in total. The highest BCUT2D eigenvalue weighted by molar-refractivity contribution is 7.19. The third kappa shape index (κ3) is 2.48. The Morgan fingerprint density at radius 3 is 2.84 bits per heavy atom. The number of aromatic nitrogens is 2. The minimum atomic E-state index is -0.732. The van der Waals surface area contributed by atoms with Crippen molar-refractivity contribution in [2.45, 2.75) is 20.8 Å². The zero-order valence-electron chi connectivity index (χ0n) is 10.7. The summed E-state index contributed by atoms with van der Waals surface area (Å²) in [6, 6.07) is 0.745. The minimum absolute atomic E-state index is 0.127. The van der Waals surface area contributed by atoms with Gasteiger partial charge in [0.1, 0.15) is 0 Å². The summed E-state index contributed by atoms with van der Waals surface area (Å²) in [5.41, 5.74) is 8.98. The molecule has 0 bridgehead atoms. The first-order chi connectivity index (χ1) is 8.90. The van der Waals surface area contributed by atoms with E-state index in [2.05, 4.69) is 15.5 Å². The van der Waals surface area contributed by atoms with Gasteiger partial charge in [-0.05, 0) is 20.8 Å². The second kappa shape index (κ2) is 4.81. The quantitative estimate of drug-likeness (QED) is 0.626. The van der Waals surface area contributed by atoms with Crippen molar-refractivity contribution in [1.82, 2.24) is 14.8 Å². The van der Waals surface area contributed by atoms with E-state index in [1.54, 1.807) is 20.8 Å². The predicted octanol–water partition coefficient (Wildman–Crippen LogP) is 0.765. The average molecular weight is 279 g/mol. The molecule has 0 saturated carbocycles. The van der Waals surface area contributed by atoms with Crippen LogP contribution < -0.4 is 16.7 Å². The van der Waals surface area contributed by atoms with Crippen LogP contribution in [-0.4, -0.2) is 21.1 Å².